The molecule has 0 unspecified atom stereocenters. The van der Waals surface area contributed by atoms with Crippen molar-refractivity contribution < 1.29 is 24.2 Å². The minimum atomic E-state index is -0.606. The van der Waals surface area contributed by atoms with E-state index in [-0.39, 0.29) is 18.1 Å². The van der Waals surface area contributed by atoms with Gasteiger partial charge in [-0.1, -0.05) is 18.2 Å². The van der Waals surface area contributed by atoms with Crippen LogP contribution in [-0.4, -0.2) is 34.4 Å². The lowest BCUT2D eigenvalue weighted by Crippen LogP contribution is -2.27. The van der Waals surface area contributed by atoms with Gasteiger partial charge in [-0.3, -0.25) is 9.36 Å². The zero-order valence-corrected chi connectivity index (χ0v) is 18.0. The van der Waals surface area contributed by atoms with E-state index in [0.29, 0.717) is 22.7 Å². The van der Waals surface area contributed by atoms with Crippen LogP contribution in [0.1, 0.15) is 26.3 Å². The van der Waals surface area contributed by atoms with Crippen LogP contribution in [0.5, 0.6) is 11.5 Å². The lowest BCUT2D eigenvalue weighted by Gasteiger charge is -2.20. The number of hydrogen-bond donors (Lipinski definition) is 2. The second-order valence-corrected chi connectivity index (χ2v) is 8.06. The number of rotatable bonds is 5. The van der Waals surface area contributed by atoms with E-state index in [2.05, 4.69) is 5.32 Å². The molecule has 31 heavy (non-hydrogen) atoms. The normalized spacial score (nSPS) is 11.1. The molecule has 0 aliphatic heterocycles. The number of nitrogens with one attached hydrogen (secondary N) is 1. The fourth-order valence-electron chi connectivity index (χ4n) is 3.07. The molecule has 0 aliphatic rings. The molecule has 2 N–H and O–H groups in total. The third-order valence-electron chi connectivity index (χ3n) is 4.39. The summed E-state index contributed by atoms with van der Waals surface area (Å²) in [6.07, 6.45) is 1.30. The maximum atomic E-state index is 12.5. The average Bonchev–Trinajstić information content (AvgIpc) is 3.18. The molecule has 0 fully saturated rings. The van der Waals surface area contributed by atoms with Gasteiger partial charge in [0.05, 0.1) is 19.2 Å². The molecule has 1 aromatic heterocycles. The summed E-state index contributed by atoms with van der Waals surface area (Å²) >= 11 is 0. The van der Waals surface area contributed by atoms with Crippen LogP contribution in [0.3, 0.4) is 0 Å². The van der Waals surface area contributed by atoms with Gasteiger partial charge in [-0.15, -0.1) is 0 Å². The first kappa shape index (κ1) is 22.0. The van der Waals surface area contributed by atoms with Gasteiger partial charge in [0.25, 0.3) is 0 Å². The summed E-state index contributed by atoms with van der Waals surface area (Å²) in [7, 11) is 1.46. The van der Waals surface area contributed by atoms with Gasteiger partial charge in [-0.05, 0) is 62.7 Å². The molecule has 1 heterocycles. The highest BCUT2D eigenvalue weighted by atomic mass is 16.6. The van der Waals surface area contributed by atoms with Gasteiger partial charge in [-0.2, -0.15) is 0 Å². The SMILES string of the molecule is COc1cc(CC(=O)Nc2cccc(-c3cccn3C(=O)OC(C)(C)C)c2)ccc1O. The summed E-state index contributed by atoms with van der Waals surface area (Å²) in [6, 6.07) is 15.6. The van der Waals surface area contributed by atoms with Gasteiger partial charge in [0.1, 0.15) is 5.60 Å². The molecular weight excluding hydrogens is 396 g/mol. The summed E-state index contributed by atoms with van der Waals surface area (Å²) in [4.78, 5) is 25.0. The largest absolute Gasteiger partial charge is 0.504 e. The lowest BCUT2D eigenvalue weighted by atomic mass is 10.1. The van der Waals surface area contributed by atoms with Crippen molar-refractivity contribution in [2.24, 2.45) is 0 Å². The average molecular weight is 422 g/mol. The molecule has 0 spiro atoms. The molecule has 3 aromatic rings. The number of methoxy groups -OCH3 is 1. The maximum absolute atomic E-state index is 12.5. The highest BCUT2D eigenvalue weighted by Crippen LogP contribution is 2.27. The Morgan fingerprint density at radius 2 is 1.84 bits per heavy atom. The van der Waals surface area contributed by atoms with Crippen molar-refractivity contribution in [1.29, 1.82) is 0 Å². The number of carbonyl (C=O) groups excluding carboxylic acids is 2. The van der Waals surface area contributed by atoms with Crippen LogP contribution in [-0.2, 0) is 16.0 Å². The van der Waals surface area contributed by atoms with Crippen molar-refractivity contribution in [1.82, 2.24) is 4.57 Å². The number of aromatic hydroxyl groups is 1. The molecule has 0 bridgehead atoms. The van der Waals surface area contributed by atoms with E-state index in [1.54, 1.807) is 42.6 Å². The molecular formula is C24H26N2O5. The molecule has 7 heteroatoms. The van der Waals surface area contributed by atoms with Crippen LogP contribution < -0.4 is 10.1 Å². The summed E-state index contributed by atoms with van der Waals surface area (Å²) in [5.41, 5.74) is 2.13. The molecule has 0 saturated carbocycles. The van der Waals surface area contributed by atoms with Crippen molar-refractivity contribution in [2.45, 2.75) is 32.8 Å². The molecule has 162 valence electrons. The van der Waals surface area contributed by atoms with Crippen molar-refractivity contribution in [3.8, 4) is 22.8 Å². The molecule has 0 saturated heterocycles. The second kappa shape index (κ2) is 8.95. The van der Waals surface area contributed by atoms with Crippen LogP contribution in [0.15, 0.2) is 60.8 Å². The first-order valence-corrected chi connectivity index (χ1v) is 9.83. The molecule has 0 atom stereocenters. The number of amides is 1. The van der Waals surface area contributed by atoms with Crippen LogP contribution in [0.2, 0.25) is 0 Å². The Morgan fingerprint density at radius 1 is 1.06 bits per heavy atom. The molecule has 2 aromatic carbocycles. The Hall–Kier alpha value is -3.74. The topological polar surface area (TPSA) is 89.8 Å². The van der Waals surface area contributed by atoms with Gasteiger partial charge in [0, 0.05) is 17.4 Å². The Kier molecular flexibility index (Phi) is 6.34. The third kappa shape index (κ3) is 5.66. The molecule has 0 aliphatic carbocycles. The fourth-order valence-corrected chi connectivity index (χ4v) is 3.07. The van der Waals surface area contributed by atoms with Crippen molar-refractivity contribution in [3.05, 3.63) is 66.4 Å². The number of carbonyl (C=O) groups is 2. The standard InChI is InChI=1S/C24H26N2O5/c1-24(2,3)31-23(29)26-12-6-9-19(26)17-7-5-8-18(15-17)25-22(28)14-16-10-11-20(27)21(13-16)30-4/h5-13,15,27H,14H2,1-4H3,(H,25,28). The summed E-state index contributed by atoms with van der Waals surface area (Å²) in [6.45, 7) is 5.44. The van der Waals surface area contributed by atoms with Crippen LogP contribution >= 0.6 is 0 Å². The summed E-state index contributed by atoms with van der Waals surface area (Å²) in [5, 5.41) is 12.6. The van der Waals surface area contributed by atoms with E-state index in [0.717, 1.165) is 5.56 Å². The number of benzene rings is 2. The van der Waals surface area contributed by atoms with E-state index in [1.165, 1.54) is 17.7 Å². The summed E-state index contributed by atoms with van der Waals surface area (Å²) < 4.78 is 12.0. The van der Waals surface area contributed by atoms with Gasteiger partial charge < -0.3 is 19.9 Å². The zero-order valence-electron chi connectivity index (χ0n) is 18.0. The number of hydrogen-bond acceptors (Lipinski definition) is 5. The second-order valence-electron chi connectivity index (χ2n) is 8.06. The fraction of sp³-hybridized carbons (Fsp3) is 0.250. The van der Waals surface area contributed by atoms with E-state index in [9.17, 15) is 14.7 Å². The van der Waals surface area contributed by atoms with Crippen molar-refractivity contribution in [2.75, 3.05) is 12.4 Å². The monoisotopic (exact) mass is 422 g/mol. The Labute approximate surface area is 181 Å². The van der Waals surface area contributed by atoms with Gasteiger partial charge in [-0.25, -0.2) is 4.79 Å². The molecule has 7 nitrogen and oxygen atoms in total. The molecule has 1 amide bonds. The van der Waals surface area contributed by atoms with Gasteiger partial charge in [0.15, 0.2) is 11.5 Å². The molecule has 0 radical (unpaired) electrons. The highest BCUT2D eigenvalue weighted by molar-refractivity contribution is 5.93. The first-order valence-electron chi connectivity index (χ1n) is 9.83. The predicted octanol–water partition coefficient (Wildman–Crippen LogP) is 4.83. The third-order valence-corrected chi connectivity index (χ3v) is 4.39. The lowest BCUT2D eigenvalue weighted by molar-refractivity contribution is -0.115. The van der Waals surface area contributed by atoms with Crippen molar-refractivity contribution >= 4 is 17.7 Å². The number of phenolic OH excluding ortho intramolecular Hbond substituents is 1. The quantitative estimate of drug-likeness (QED) is 0.614. The van der Waals surface area contributed by atoms with Crippen molar-refractivity contribution in [3.63, 3.8) is 0 Å². The smallest absolute Gasteiger partial charge is 0.418 e. The highest BCUT2D eigenvalue weighted by Gasteiger charge is 2.20. The van der Waals surface area contributed by atoms with E-state index in [1.807, 2.05) is 32.9 Å². The number of phenols is 1. The Bertz CT molecular complexity index is 1100. The maximum Gasteiger partial charge on any atom is 0.418 e. The summed E-state index contributed by atoms with van der Waals surface area (Å²) in [5.74, 6) is 0.120. The molecule has 3 rings (SSSR count). The number of anilines is 1. The zero-order chi connectivity index (χ0) is 22.6. The Balaban J connectivity index is 1.75. The number of nitrogens with zero attached hydrogens (tertiary/aromatic N) is 1. The van der Waals surface area contributed by atoms with Gasteiger partial charge in [0.2, 0.25) is 5.91 Å². The van der Waals surface area contributed by atoms with Crippen LogP contribution in [0, 0.1) is 0 Å². The van der Waals surface area contributed by atoms with Crippen LogP contribution in [0.4, 0.5) is 10.5 Å². The van der Waals surface area contributed by atoms with E-state index >= 15 is 0 Å². The van der Waals surface area contributed by atoms with Crippen LogP contribution in [0.25, 0.3) is 11.3 Å². The Morgan fingerprint density at radius 3 is 2.55 bits per heavy atom. The predicted molar refractivity (Wildman–Crippen MR) is 118 cm³/mol. The van der Waals surface area contributed by atoms with E-state index in [4.69, 9.17) is 9.47 Å². The minimum absolute atomic E-state index is 0.0207. The van der Waals surface area contributed by atoms with E-state index < -0.39 is 11.7 Å². The number of ether oxygens (including phenoxy) is 2. The first-order chi connectivity index (χ1) is 14.7. The minimum Gasteiger partial charge on any atom is -0.504 e. The van der Waals surface area contributed by atoms with Gasteiger partial charge >= 0.3 is 6.09 Å². The number of aromatic nitrogens is 1.